The molecule has 0 bridgehead atoms. The van der Waals surface area contributed by atoms with Crippen LogP contribution < -0.4 is 0 Å². The smallest absolute Gasteiger partial charge is 0.142 e. The predicted molar refractivity (Wildman–Crippen MR) is 80.4 cm³/mol. The van der Waals surface area contributed by atoms with Crippen LogP contribution in [0.1, 0.15) is 23.7 Å². The molecule has 0 spiro atoms. The van der Waals surface area contributed by atoms with Crippen LogP contribution in [0.5, 0.6) is 0 Å². The van der Waals surface area contributed by atoms with Crippen molar-refractivity contribution in [1.29, 1.82) is 0 Å². The van der Waals surface area contributed by atoms with E-state index in [-0.39, 0.29) is 5.92 Å². The van der Waals surface area contributed by atoms with Crippen molar-refractivity contribution in [3.05, 3.63) is 46.0 Å². The zero-order valence-corrected chi connectivity index (χ0v) is 12.6. The Morgan fingerprint density at radius 1 is 1.10 bits per heavy atom. The molecule has 1 aliphatic heterocycles. The van der Waals surface area contributed by atoms with E-state index in [1.54, 1.807) is 0 Å². The van der Waals surface area contributed by atoms with E-state index in [4.69, 9.17) is 27.9 Å². The van der Waals surface area contributed by atoms with Gasteiger partial charge in [-0.3, -0.25) is 0 Å². The maximum Gasteiger partial charge on any atom is 0.142 e. The zero-order valence-electron chi connectivity index (χ0n) is 11.1. The predicted octanol–water partition coefficient (Wildman–Crippen LogP) is 4.26. The molecule has 0 saturated carbocycles. The minimum atomic E-state index is 0.192. The molecule has 3 nitrogen and oxygen atoms in total. The van der Waals surface area contributed by atoms with E-state index in [2.05, 4.69) is 9.97 Å². The average Bonchev–Trinajstić information content (AvgIpc) is 2.94. The molecular weight excluding hydrogens is 295 g/mol. The third-order valence-corrected chi connectivity index (χ3v) is 4.02. The molecule has 5 heteroatoms. The normalized spacial score (nSPS) is 18.4. The Morgan fingerprint density at radius 2 is 1.75 bits per heavy atom. The second-order valence-corrected chi connectivity index (χ2v) is 5.68. The van der Waals surface area contributed by atoms with Crippen molar-refractivity contribution in [2.75, 3.05) is 13.2 Å². The molecule has 20 heavy (non-hydrogen) atoms. The zero-order chi connectivity index (χ0) is 14.1. The van der Waals surface area contributed by atoms with Crippen LogP contribution in [0.25, 0.3) is 11.1 Å². The molecule has 1 aromatic carbocycles. The number of aromatic nitrogens is 2. The van der Waals surface area contributed by atoms with Gasteiger partial charge < -0.3 is 4.74 Å². The van der Waals surface area contributed by atoms with Gasteiger partial charge in [-0.15, -0.1) is 0 Å². The summed E-state index contributed by atoms with van der Waals surface area (Å²) in [6.07, 6.45) is 0.913. The number of halogens is 2. The summed E-state index contributed by atoms with van der Waals surface area (Å²) in [7, 11) is 0. The van der Waals surface area contributed by atoms with E-state index in [0.29, 0.717) is 28.3 Å². The molecule has 2 aromatic rings. The van der Waals surface area contributed by atoms with Crippen molar-refractivity contribution >= 4 is 23.2 Å². The Balaban J connectivity index is 2.02. The van der Waals surface area contributed by atoms with Crippen LogP contribution in [0.4, 0.5) is 0 Å². The highest BCUT2D eigenvalue weighted by Gasteiger charge is 2.23. The number of benzene rings is 1. The van der Waals surface area contributed by atoms with Gasteiger partial charge in [0.2, 0.25) is 0 Å². The van der Waals surface area contributed by atoms with Crippen molar-refractivity contribution in [2.45, 2.75) is 19.3 Å². The molecule has 1 fully saturated rings. The molecule has 1 saturated heterocycles. The second kappa shape index (κ2) is 5.68. The van der Waals surface area contributed by atoms with E-state index >= 15 is 0 Å². The summed E-state index contributed by atoms with van der Waals surface area (Å²) in [6.45, 7) is 3.41. The van der Waals surface area contributed by atoms with Crippen LogP contribution in [0.15, 0.2) is 24.3 Å². The maximum atomic E-state index is 6.31. The van der Waals surface area contributed by atoms with E-state index in [1.807, 2.05) is 31.2 Å². The van der Waals surface area contributed by atoms with Crippen LogP contribution in [0.3, 0.4) is 0 Å². The fraction of sp³-hybridized carbons (Fsp3) is 0.333. The molecule has 1 atom stereocenters. The lowest BCUT2D eigenvalue weighted by molar-refractivity contribution is 0.193. The summed E-state index contributed by atoms with van der Waals surface area (Å²) in [5.41, 5.74) is 2.80. The summed E-state index contributed by atoms with van der Waals surface area (Å²) in [6, 6.07) is 7.98. The number of hydrogen-bond acceptors (Lipinski definition) is 3. The van der Waals surface area contributed by atoms with Gasteiger partial charge in [0.25, 0.3) is 0 Å². The highest BCUT2D eigenvalue weighted by molar-refractivity contribution is 6.37. The van der Waals surface area contributed by atoms with E-state index < -0.39 is 0 Å². The molecule has 1 aromatic heterocycles. The molecule has 0 aliphatic carbocycles. The molecule has 1 unspecified atom stereocenters. The minimum Gasteiger partial charge on any atom is -0.381 e. The Hall–Kier alpha value is -1.16. The van der Waals surface area contributed by atoms with Crippen LogP contribution in [0, 0.1) is 6.92 Å². The molecule has 1 aliphatic rings. The number of hydrogen-bond donors (Lipinski definition) is 0. The molecule has 2 heterocycles. The van der Waals surface area contributed by atoms with Crippen molar-refractivity contribution in [3.63, 3.8) is 0 Å². The van der Waals surface area contributed by atoms with E-state index in [0.717, 1.165) is 18.6 Å². The number of nitrogens with zero attached hydrogens (tertiary/aromatic N) is 2. The van der Waals surface area contributed by atoms with Crippen molar-refractivity contribution in [3.8, 4) is 11.1 Å². The first-order valence-corrected chi connectivity index (χ1v) is 7.28. The summed E-state index contributed by atoms with van der Waals surface area (Å²) in [5.74, 6) is 0.866. The highest BCUT2D eigenvalue weighted by atomic mass is 35.5. The van der Waals surface area contributed by atoms with Gasteiger partial charge in [-0.05, 0) is 18.9 Å². The largest absolute Gasteiger partial charge is 0.381 e. The molecule has 3 rings (SSSR count). The van der Waals surface area contributed by atoms with E-state index in [9.17, 15) is 0 Å². The van der Waals surface area contributed by atoms with Crippen molar-refractivity contribution < 1.29 is 4.74 Å². The lowest BCUT2D eigenvalue weighted by atomic mass is 10.1. The molecule has 0 radical (unpaired) electrons. The van der Waals surface area contributed by atoms with Gasteiger partial charge in [0, 0.05) is 12.5 Å². The van der Waals surface area contributed by atoms with Gasteiger partial charge in [-0.1, -0.05) is 53.0 Å². The van der Waals surface area contributed by atoms with Crippen LogP contribution in [-0.4, -0.2) is 23.2 Å². The summed E-state index contributed by atoms with van der Waals surface area (Å²) in [5, 5.41) is 0.798. The fourth-order valence-electron chi connectivity index (χ4n) is 2.30. The Labute approximate surface area is 127 Å². The first-order valence-electron chi connectivity index (χ1n) is 6.53. The lowest BCUT2D eigenvalue weighted by Crippen LogP contribution is -2.05. The Morgan fingerprint density at radius 3 is 2.30 bits per heavy atom. The minimum absolute atomic E-state index is 0.192. The van der Waals surface area contributed by atoms with Crippen LogP contribution >= 0.6 is 23.2 Å². The van der Waals surface area contributed by atoms with E-state index in [1.165, 1.54) is 5.56 Å². The first kappa shape index (κ1) is 13.8. The SMILES string of the molecule is Cc1ccc(-c2c(Cl)nc(C3CCOC3)nc2Cl)cc1. The van der Waals surface area contributed by atoms with Gasteiger partial charge in [-0.2, -0.15) is 0 Å². The van der Waals surface area contributed by atoms with Gasteiger partial charge in [0.1, 0.15) is 16.1 Å². The van der Waals surface area contributed by atoms with Gasteiger partial charge >= 0.3 is 0 Å². The summed E-state index contributed by atoms with van der Waals surface area (Å²) in [4.78, 5) is 8.81. The average molecular weight is 309 g/mol. The third-order valence-electron chi connectivity index (χ3n) is 3.47. The second-order valence-electron chi connectivity index (χ2n) is 4.96. The number of ether oxygens (including phenoxy) is 1. The third kappa shape index (κ3) is 2.66. The maximum absolute atomic E-state index is 6.31. The summed E-state index contributed by atoms with van der Waals surface area (Å²) >= 11 is 12.6. The molecular formula is C15H14Cl2N2O. The molecule has 0 amide bonds. The van der Waals surface area contributed by atoms with Gasteiger partial charge in [-0.25, -0.2) is 9.97 Å². The number of aryl methyl sites for hydroxylation is 1. The van der Waals surface area contributed by atoms with Gasteiger partial charge in [0.05, 0.1) is 12.2 Å². The lowest BCUT2D eigenvalue weighted by Gasteiger charge is -2.11. The molecule has 0 N–H and O–H groups in total. The van der Waals surface area contributed by atoms with Crippen LogP contribution in [0.2, 0.25) is 10.3 Å². The number of rotatable bonds is 2. The highest BCUT2D eigenvalue weighted by Crippen LogP contribution is 2.34. The monoisotopic (exact) mass is 308 g/mol. The van der Waals surface area contributed by atoms with Crippen molar-refractivity contribution in [1.82, 2.24) is 9.97 Å². The Bertz CT molecular complexity index is 599. The van der Waals surface area contributed by atoms with Gasteiger partial charge in [0.15, 0.2) is 0 Å². The topological polar surface area (TPSA) is 35.0 Å². The summed E-state index contributed by atoms with van der Waals surface area (Å²) < 4.78 is 5.35. The van der Waals surface area contributed by atoms with Crippen LogP contribution in [-0.2, 0) is 4.74 Å². The van der Waals surface area contributed by atoms with Crippen molar-refractivity contribution in [2.24, 2.45) is 0 Å². The Kier molecular flexibility index (Phi) is 3.92. The fourth-order valence-corrected chi connectivity index (χ4v) is 2.92. The quantitative estimate of drug-likeness (QED) is 0.777. The standard InChI is InChI=1S/C15H14Cl2N2O/c1-9-2-4-10(5-3-9)12-13(16)18-15(19-14(12)17)11-6-7-20-8-11/h2-5,11H,6-8H2,1H3. The molecule has 104 valence electrons. The first-order chi connectivity index (χ1) is 9.65.